The third-order valence-electron chi connectivity index (χ3n) is 3.53. The maximum atomic E-state index is 9.07. The number of nitrogens with two attached hydrogens (primary N) is 1. The number of aliphatic imine (C=N–C) groups is 1. The first kappa shape index (κ1) is 15.3. The second-order valence-electron chi connectivity index (χ2n) is 5.75. The lowest BCUT2D eigenvalue weighted by Crippen LogP contribution is -2.41. The van der Waals surface area contributed by atoms with Gasteiger partial charge >= 0.3 is 0 Å². The third-order valence-corrected chi connectivity index (χ3v) is 3.53. The van der Waals surface area contributed by atoms with Gasteiger partial charge in [-0.3, -0.25) is 4.99 Å². The fourth-order valence-electron chi connectivity index (χ4n) is 2.58. The van der Waals surface area contributed by atoms with Gasteiger partial charge in [-0.05, 0) is 43.9 Å². The fraction of sp³-hybridized carbons (Fsp3) is 0.929. The Morgan fingerprint density at radius 2 is 1.94 bits per heavy atom. The average Bonchev–Trinajstić information content (AvgIpc) is 2.36. The SMILES string of the molecule is CC(C)CC(CCO)CN=C(N)N1CCCCC1. The van der Waals surface area contributed by atoms with E-state index in [1.807, 2.05) is 0 Å². The van der Waals surface area contributed by atoms with Crippen LogP contribution in [0.5, 0.6) is 0 Å². The first-order valence-electron chi connectivity index (χ1n) is 7.29. The quantitative estimate of drug-likeness (QED) is 0.562. The number of rotatable bonds is 6. The summed E-state index contributed by atoms with van der Waals surface area (Å²) < 4.78 is 0. The maximum absolute atomic E-state index is 9.07. The summed E-state index contributed by atoms with van der Waals surface area (Å²) >= 11 is 0. The van der Waals surface area contributed by atoms with Gasteiger partial charge in [-0.25, -0.2) is 0 Å². The van der Waals surface area contributed by atoms with E-state index in [2.05, 4.69) is 23.7 Å². The Bertz CT molecular complexity index is 247. The summed E-state index contributed by atoms with van der Waals surface area (Å²) in [5, 5.41) is 9.07. The van der Waals surface area contributed by atoms with Gasteiger partial charge in [0.1, 0.15) is 0 Å². The zero-order valence-corrected chi connectivity index (χ0v) is 11.9. The van der Waals surface area contributed by atoms with E-state index in [9.17, 15) is 0 Å². The van der Waals surface area contributed by atoms with E-state index in [0.717, 1.165) is 32.5 Å². The molecule has 1 rings (SSSR count). The zero-order chi connectivity index (χ0) is 13.4. The van der Waals surface area contributed by atoms with Gasteiger partial charge in [-0.2, -0.15) is 0 Å². The Balaban J connectivity index is 2.41. The van der Waals surface area contributed by atoms with Crippen molar-refractivity contribution in [3.05, 3.63) is 0 Å². The van der Waals surface area contributed by atoms with Crippen molar-refractivity contribution in [1.82, 2.24) is 4.90 Å². The highest BCUT2D eigenvalue weighted by molar-refractivity contribution is 5.78. The monoisotopic (exact) mass is 255 g/mol. The molecule has 4 heteroatoms. The van der Waals surface area contributed by atoms with Crippen molar-refractivity contribution >= 4 is 5.96 Å². The summed E-state index contributed by atoms with van der Waals surface area (Å²) in [7, 11) is 0. The van der Waals surface area contributed by atoms with Gasteiger partial charge in [0.25, 0.3) is 0 Å². The first-order chi connectivity index (χ1) is 8.63. The molecule has 0 radical (unpaired) electrons. The minimum Gasteiger partial charge on any atom is -0.396 e. The molecule has 0 saturated carbocycles. The van der Waals surface area contributed by atoms with Crippen LogP contribution in [-0.2, 0) is 0 Å². The van der Waals surface area contributed by atoms with E-state index in [4.69, 9.17) is 10.8 Å². The topological polar surface area (TPSA) is 61.9 Å². The van der Waals surface area contributed by atoms with Crippen LogP contribution in [0.2, 0.25) is 0 Å². The van der Waals surface area contributed by atoms with Crippen molar-refractivity contribution in [1.29, 1.82) is 0 Å². The average molecular weight is 255 g/mol. The summed E-state index contributed by atoms with van der Waals surface area (Å²) in [6, 6.07) is 0. The molecule has 1 unspecified atom stereocenters. The molecule has 3 N–H and O–H groups in total. The van der Waals surface area contributed by atoms with Crippen LogP contribution >= 0.6 is 0 Å². The van der Waals surface area contributed by atoms with Crippen LogP contribution in [0.1, 0.15) is 46.0 Å². The molecule has 1 atom stereocenters. The van der Waals surface area contributed by atoms with E-state index in [1.165, 1.54) is 19.3 Å². The Kier molecular flexibility index (Phi) is 7.09. The molecule has 106 valence electrons. The van der Waals surface area contributed by atoms with E-state index in [0.29, 0.717) is 17.8 Å². The van der Waals surface area contributed by atoms with Gasteiger partial charge in [0, 0.05) is 26.2 Å². The lowest BCUT2D eigenvalue weighted by molar-refractivity contribution is 0.245. The molecular weight excluding hydrogens is 226 g/mol. The molecule has 1 aliphatic heterocycles. The number of piperidine rings is 1. The highest BCUT2D eigenvalue weighted by atomic mass is 16.3. The van der Waals surface area contributed by atoms with Gasteiger partial charge in [-0.15, -0.1) is 0 Å². The second-order valence-corrected chi connectivity index (χ2v) is 5.75. The normalized spacial score (nSPS) is 19.3. The number of aliphatic hydroxyl groups excluding tert-OH is 1. The molecule has 0 amide bonds. The van der Waals surface area contributed by atoms with Crippen LogP contribution < -0.4 is 5.73 Å². The predicted octanol–water partition coefficient (Wildman–Crippen LogP) is 1.83. The molecule has 0 aromatic carbocycles. The molecule has 0 aliphatic carbocycles. The minimum atomic E-state index is 0.247. The lowest BCUT2D eigenvalue weighted by atomic mass is 9.94. The Morgan fingerprint density at radius 3 is 2.50 bits per heavy atom. The zero-order valence-electron chi connectivity index (χ0n) is 11.9. The van der Waals surface area contributed by atoms with Crippen LogP contribution in [0.15, 0.2) is 4.99 Å². The van der Waals surface area contributed by atoms with Gasteiger partial charge in [0.05, 0.1) is 0 Å². The minimum absolute atomic E-state index is 0.247. The molecule has 1 fully saturated rings. The van der Waals surface area contributed by atoms with Gasteiger partial charge in [-0.1, -0.05) is 13.8 Å². The van der Waals surface area contributed by atoms with E-state index in [1.54, 1.807) is 0 Å². The van der Waals surface area contributed by atoms with Gasteiger partial charge < -0.3 is 15.7 Å². The highest BCUT2D eigenvalue weighted by Crippen LogP contribution is 2.16. The molecular formula is C14H29N3O. The summed E-state index contributed by atoms with van der Waals surface area (Å²) in [6.07, 6.45) is 5.70. The van der Waals surface area contributed by atoms with Gasteiger partial charge in [0.15, 0.2) is 5.96 Å². The number of hydrogen-bond acceptors (Lipinski definition) is 2. The lowest BCUT2D eigenvalue weighted by Gasteiger charge is -2.28. The largest absolute Gasteiger partial charge is 0.396 e. The maximum Gasteiger partial charge on any atom is 0.191 e. The van der Waals surface area contributed by atoms with Crippen LogP contribution in [0, 0.1) is 11.8 Å². The molecule has 4 nitrogen and oxygen atoms in total. The Hall–Kier alpha value is -0.770. The molecule has 18 heavy (non-hydrogen) atoms. The highest BCUT2D eigenvalue weighted by Gasteiger charge is 2.14. The van der Waals surface area contributed by atoms with Crippen molar-refractivity contribution in [3.8, 4) is 0 Å². The molecule has 0 spiro atoms. The Labute approximate surface area is 111 Å². The summed E-state index contributed by atoms with van der Waals surface area (Å²) in [4.78, 5) is 6.72. The molecule has 0 bridgehead atoms. The van der Waals surface area contributed by atoms with Crippen molar-refractivity contribution < 1.29 is 5.11 Å². The second kappa shape index (κ2) is 8.35. The summed E-state index contributed by atoms with van der Waals surface area (Å²) in [6.45, 7) is 7.51. The first-order valence-corrected chi connectivity index (χ1v) is 7.29. The molecule has 0 aromatic heterocycles. The van der Waals surface area contributed by atoms with E-state index < -0.39 is 0 Å². The third kappa shape index (κ3) is 5.71. The van der Waals surface area contributed by atoms with Crippen LogP contribution in [0.25, 0.3) is 0 Å². The van der Waals surface area contributed by atoms with E-state index >= 15 is 0 Å². The van der Waals surface area contributed by atoms with Crippen molar-refractivity contribution in [2.75, 3.05) is 26.2 Å². The molecule has 1 aliphatic rings. The Morgan fingerprint density at radius 1 is 1.28 bits per heavy atom. The smallest absolute Gasteiger partial charge is 0.191 e. The van der Waals surface area contributed by atoms with Gasteiger partial charge in [0.2, 0.25) is 0 Å². The van der Waals surface area contributed by atoms with Crippen LogP contribution in [0.3, 0.4) is 0 Å². The predicted molar refractivity (Wildman–Crippen MR) is 76.6 cm³/mol. The number of likely N-dealkylation sites (tertiary alicyclic amines) is 1. The standard InChI is InChI=1S/C14H29N3O/c1-12(2)10-13(6-9-18)11-16-14(15)17-7-4-3-5-8-17/h12-13,18H,3-11H2,1-2H3,(H2,15,16). The summed E-state index contributed by atoms with van der Waals surface area (Å²) in [5.74, 6) is 1.80. The molecule has 1 heterocycles. The van der Waals surface area contributed by atoms with Crippen LogP contribution in [-0.4, -0.2) is 42.2 Å². The number of hydrogen-bond donors (Lipinski definition) is 2. The van der Waals surface area contributed by atoms with Crippen molar-refractivity contribution in [2.45, 2.75) is 46.0 Å². The summed E-state index contributed by atoms with van der Waals surface area (Å²) in [5.41, 5.74) is 6.04. The molecule has 0 aromatic rings. The fourth-order valence-corrected chi connectivity index (χ4v) is 2.58. The van der Waals surface area contributed by atoms with Crippen LogP contribution in [0.4, 0.5) is 0 Å². The number of guanidine groups is 1. The molecule has 1 saturated heterocycles. The number of aliphatic hydroxyl groups is 1. The van der Waals surface area contributed by atoms with E-state index in [-0.39, 0.29) is 6.61 Å². The van der Waals surface area contributed by atoms with Crippen molar-refractivity contribution in [2.24, 2.45) is 22.6 Å². The number of nitrogens with zero attached hydrogens (tertiary/aromatic N) is 2. The van der Waals surface area contributed by atoms with Crippen molar-refractivity contribution in [3.63, 3.8) is 0 Å².